The fourth-order valence-electron chi connectivity index (χ4n) is 3.79. The smallest absolute Gasteiger partial charge is 0.320 e. The van der Waals surface area contributed by atoms with Gasteiger partial charge in [-0.25, -0.2) is 8.42 Å². The first-order chi connectivity index (χ1) is 16.0. The minimum Gasteiger partial charge on any atom is -0.716 e. The summed E-state index contributed by atoms with van der Waals surface area (Å²) in [5.74, 6) is -1.26. The standard InChI is InChI=1S/C16H36N.C9H11NO6S/c1-5-9-13-17(14-10-6-2,15-11-7-3)16-12-8-4;10-8(9(11)12)5-6-1-3-7(4-2-6)16-17(13,14)15/h5-16H2,1-4H3;1-4,8H,5,10H2,(H,11,12)(H,13,14,15)/q+1;/p-1. The molecular weight excluding hydrogens is 456 g/mol. The summed E-state index contributed by atoms with van der Waals surface area (Å²) < 4.78 is 36.3. The first-order valence-electron chi connectivity index (χ1n) is 12.6. The van der Waals surface area contributed by atoms with Gasteiger partial charge in [-0.2, -0.15) is 0 Å². The Kier molecular flexibility index (Phi) is 16.8. The summed E-state index contributed by atoms with van der Waals surface area (Å²) >= 11 is 0. The Morgan fingerprint density at radius 2 is 1.29 bits per heavy atom. The molecule has 0 bridgehead atoms. The van der Waals surface area contributed by atoms with E-state index in [4.69, 9.17) is 10.8 Å². The highest BCUT2D eigenvalue weighted by molar-refractivity contribution is 7.81. The number of hydrogen-bond acceptors (Lipinski definition) is 6. The number of nitrogens with two attached hydrogens (primary N) is 1. The van der Waals surface area contributed by atoms with Gasteiger partial charge in [0.25, 0.3) is 10.4 Å². The van der Waals surface area contributed by atoms with E-state index >= 15 is 0 Å². The number of carboxylic acid groups (broad SMARTS) is 1. The van der Waals surface area contributed by atoms with Crippen LogP contribution in [0.3, 0.4) is 0 Å². The zero-order valence-corrected chi connectivity index (χ0v) is 22.3. The molecule has 198 valence electrons. The third-order valence-electron chi connectivity index (χ3n) is 5.84. The molecule has 0 saturated carbocycles. The molecule has 9 heteroatoms. The average molecular weight is 503 g/mol. The molecule has 0 saturated heterocycles. The van der Waals surface area contributed by atoms with Crippen molar-refractivity contribution in [2.24, 2.45) is 5.73 Å². The highest BCUT2D eigenvalue weighted by atomic mass is 32.3. The van der Waals surface area contributed by atoms with Crippen molar-refractivity contribution in [2.75, 3.05) is 26.2 Å². The molecule has 3 N–H and O–H groups in total. The highest BCUT2D eigenvalue weighted by Gasteiger charge is 2.24. The molecule has 0 spiro atoms. The molecule has 0 aliphatic rings. The van der Waals surface area contributed by atoms with Crippen molar-refractivity contribution in [3.8, 4) is 5.75 Å². The van der Waals surface area contributed by atoms with Crippen molar-refractivity contribution in [1.82, 2.24) is 0 Å². The second-order valence-electron chi connectivity index (χ2n) is 8.93. The van der Waals surface area contributed by atoms with Gasteiger partial charge in [0, 0.05) is 0 Å². The Hall–Kier alpha value is -1.68. The van der Waals surface area contributed by atoms with Crippen molar-refractivity contribution in [3.05, 3.63) is 29.8 Å². The first-order valence-corrected chi connectivity index (χ1v) is 13.9. The summed E-state index contributed by atoms with van der Waals surface area (Å²) in [5, 5.41) is 8.58. The van der Waals surface area contributed by atoms with Crippen LogP contribution in [0.4, 0.5) is 0 Å². The molecule has 1 aromatic carbocycles. The molecule has 0 heterocycles. The second-order valence-corrected chi connectivity index (χ2v) is 9.92. The van der Waals surface area contributed by atoms with Crippen LogP contribution in [0.5, 0.6) is 5.75 Å². The summed E-state index contributed by atoms with van der Waals surface area (Å²) in [5.41, 5.74) is 5.90. The van der Waals surface area contributed by atoms with E-state index in [-0.39, 0.29) is 12.2 Å². The predicted molar refractivity (Wildman–Crippen MR) is 135 cm³/mol. The quantitative estimate of drug-likeness (QED) is 0.182. The van der Waals surface area contributed by atoms with Gasteiger partial charge in [0.1, 0.15) is 11.8 Å². The molecule has 34 heavy (non-hydrogen) atoms. The van der Waals surface area contributed by atoms with Crippen LogP contribution in [0, 0.1) is 0 Å². The molecule has 0 aliphatic heterocycles. The van der Waals surface area contributed by atoms with Crippen LogP contribution in [0.25, 0.3) is 0 Å². The zero-order valence-electron chi connectivity index (χ0n) is 21.5. The number of carbonyl (C=O) groups is 1. The number of quaternary nitrogens is 1. The molecular formula is C25H46N2O6S. The summed E-state index contributed by atoms with van der Waals surface area (Å²) in [6, 6.07) is 4.33. The molecule has 0 amide bonds. The molecule has 0 radical (unpaired) electrons. The average Bonchev–Trinajstić information content (AvgIpc) is 2.79. The highest BCUT2D eigenvalue weighted by Crippen LogP contribution is 2.17. The minimum atomic E-state index is -4.80. The van der Waals surface area contributed by atoms with Crippen LogP contribution in [0.15, 0.2) is 24.3 Å². The molecule has 1 aromatic rings. The van der Waals surface area contributed by atoms with Crippen LogP contribution in [0.2, 0.25) is 0 Å². The Balaban J connectivity index is 0.000000641. The van der Waals surface area contributed by atoms with Crippen molar-refractivity contribution in [3.63, 3.8) is 0 Å². The van der Waals surface area contributed by atoms with Crippen LogP contribution >= 0.6 is 0 Å². The van der Waals surface area contributed by atoms with Gasteiger partial charge in [-0.3, -0.25) is 4.79 Å². The van der Waals surface area contributed by atoms with Gasteiger partial charge in [0.15, 0.2) is 0 Å². The minimum absolute atomic E-state index is 0.0970. The van der Waals surface area contributed by atoms with Crippen LogP contribution in [-0.4, -0.2) is 60.8 Å². The van der Waals surface area contributed by atoms with Gasteiger partial charge in [0.05, 0.1) is 26.2 Å². The maximum atomic E-state index is 10.5. The predicted octanol–water partition coefficient (Wildman–Crippen LogP) is 4.48. The molecule has 0 fully saturated rings. The van der Waals surface area contributed by atoms with E-state index in [1.165, 1.54) is 106 Å². The number of aliphatic carboxylic acids is 1. The van der Waals surface area contributed by atoms with Gasteiger partial charge in [-0.05, 0) is 49.8 Å². The lowest BCUT2D eigenvalue weighted by molar-refractivity contribution is -0.929. The fraction of sp³-hybridized carbons (Fsp3) is 0.720. The first kappa shape index (κ1) is 32.3. The Labute approximate surface area is 207 Å². The Morgan fingerprint density at radius 1 is 0.912 bits per heavy atom. The topological polar surface area (TPSA) is 130 Å². The SMILES string of the molecule is CCCC[N+](CCCC)(CCCC)CCCC.NC(Cc1ccc(OS(=O)(=O)[O-])cc1)C(=O)O. The molecule has 0 aromatic heterocycles. The van der Waals surface area contributed by atoms with E-state index in [1.807, 2.05) is 0 Å². The Bertz CT molecular complexity index is 731. The van der Waals surface area contributed by atoms with E-state index < -0.39 is 22.4 Å². The molecule has 8 nitrogen and oxygen atoms in total. The lowest BCUT2D eigenvalue weighted by Crippen LogP contribution is -2.50. The van der Waals surface area contributed by atoms with Crippen molar-refractivity contribution in [1.29, 1.82) is 0 Å². The summed E-state index contributed by atoms with van der Waals surface area (Å²) in [7, 11) is -4.80. The van der Waals surface area contributed by atoms with E-state index in [2.05, 4.69) is 31.9 Å². The number of benzene rings is 1. The second kappa shape index (κ2) is 17.7. The van der Waals surface area contributed by atoms with Crippen LogP contribution in [0.1, 0.15) is 84.6 Å². The third-order valence-corrected chi connectivity index (χ3v) is 6.24. The lowest BCUT2D eigenvalue weighted by Gasteiger charge is -2.39. The van der Waals surface area contributed by atoms with Gasteiger partial charge in [0.2, 0.25) is 0 Å². The van der Waals surface area contributed by atoms with Gasteiger partial charge in [-0.1, -0.05) is 65.5 Å². The van der Waals surface area contributed by atoms with Crippen molar-refractivity contribution < 1.29 is 31.5 Å². The number of carboxylic acids is 1. The maximum Gasteiger partial charge on any atom is 0.320 e. The van der Waals surface area contributed by atoms with Gasteiger partial charge < -0.3 is 24.1 Å². The molecule has 1 rings (SSSR count). The number of rotatable bonds is 17. The maximum absolute atomic E-state index is 10.5. The summed E-state index contributed by atoms with van der Waals surface area (Å²) in [6.45, 7) is 15.0. The third kappa shape index (κ3) is 15.3. The molecule has 1 unspecified atom stereocenters. The normalized spacial score (nSPS) is 12.5. The molecule has 1 atom stereocenters. The summed E-state index contributed by atoms with van der Waals surface area (Å²) in [4.78, 5) is 10.5. The van der Waals surface area contributed by atoms with Crippen LogP contribution < -0.4 is 9.92 Å². The van der Waals surface area contributed by atoms with E-state index in [9.17, 15) is 17.8 Å². The van der Waals surface area contributed by atoms with E-state index in [0.717, 1.165) is 0 Å². The van der Waals surface area contributed by atoms with Gasteiger partial charge in [-0.15, -0.1) is 0 Å². The monoisotopic (exact) mass is 502 g/mol. The number of nitrogens with zero attached hydrogens (tertiary/aromatic N) is 1. The number of hydrogen-bond donors (Lipinski definition) is 2. The number of unbranched alkanes of at least 4 members (excludes halogenated alkanes) is 4. The van der Waals surface area contributed by atoms with E-state index in [1.54, 1.807) is 0 Å². The van der Waals surface area contributed by atoms with Crippen molar-refractivity contribution >= 4 is 16.4 Å². The van der Waals surface area contributed by atoms with Crippen molar-refractivity contribution in [2.45, 2.75) is 91.5 Å². The van der Waals surface area contributed by atoms with Crippen LogP contribution in [-0.2, 0) is 21.6 Å². The lowest BCUT2D eigenvalue weighted by atomic mass is 10.1. The summed E-state index contributed by atoms with van der Waals surface area (Å²) in [6.07, 6.45) is 11.2. The Morgan fingerprint density at radius 3 is 1.59 bits per heavy atom. The zero-order chi connectivity index (χ0) is 26.0. The van der Waals surface area contributed by atoms with E-state index in [0.29, 0.717) is 5.56 Å². The van der Waals surface area contributed by atoms with Gasteiger partial charge >= 0.3 is 5.97 Å². The largest absolute Gasteiger partial charge is 0.716 e. The molecule has 0 aliphatic carbocycles. The fourth-order valence-corrected chi connectivity index (χ4v) is 4.13.